The van der Waals surface area contributed by atoms with Crippen LogP contribution in [0.2, 0.25) is 0 Å². The summed E-state index contributed by atoms with van der Waals surface area (Å²) >= 11 is 0. The number of nitrogens with two attached hydrogens (primary N) is 1. The monoisotopic (exact) mass is 301 g/mol. The molecule has 1 rings (SSSR count). The van der Waals surface area contributed by atoms with Crippen LogP contribution >= 0.6 is 0 Å². The lowest BCUT2D eigenvalue weighted by molar-refractivity contribution is -0.290. The second kappa shape index (κ2) is 5.51. The summed E-state index contributed by atoms with van der Waals surface area (Å²) in [6.07, 6.45) is -10.9. The number of halogens is 6. The zero-order chi connectivity index (χ0) is 15.7. The molecular formula is C12H13F6NO. The molecule has 0 heterocycles. The minimum Gasteiger partial charge on any atom is -0.497 e. The van der Waals surface area contributed by atoms with Crippen LogP contribution in [0.15, 0.2) is 18.2 Å². The number of benzene rings is 1. The predicted octanol–water partition coefficient (Wildman–Crippen LogP) is 3.74. The molecular weight excluding hydrogens is 288 g/mol. The Labute approximate surface area is 111 Å². The van der Waals surface area contributed by atoms with Gasteiger partial charge in [0.15, 0.2) is 5.92 Å². The Morgan fingerprint density at radius 2 is 1.55 bits per heavy atom. The summed E-state index contributed by atoms with van der Waals surface area (Å²) in [5, 5.41) is 0. The van der Waals surface area contributed by atoms with E-state index in [1.807, 2.05) is 0 Å². The molecule has 0 fully saturated rings. The largest absolute Gasteiger partial charge is 0.497 e. The number of alkyl halides is 6. The molecule has 0 saturated carbocycles. The van der Waals surface area contributed by atoms with Crippen LogP contribution in [-0.4, -0.2) is 19.5 Å². The number of hydrogen-bond acceptors (Lipinski definition) is 2. The van der Waals surface area contributed by atoms with E-state index in [4.69, 9.17) is 10.5 Å². The number of rotatable bonds is 3. The van der Waals surface area contributed by atoms with Crippen molar-refractivity contribution in [2.24, 2.45) is 11.7 Å². The number of ether oxygens (including phenoxy) is 1. The van der Waals surface area contributed by atoms with Crippen LogP contribution in [0.3, 0.4) is 0 Å². The molecule has 1 aromatic carbocycles. The van der Waals surface area contributed by atoms with E-state index in [9.17, 15) is 26.3 Å². The van der Waals surface area contributed by atoms with Crippen molar-refractivity contribution in [3.8, 4) is 5.75 Å². The van der Waals surface area contributed by atoms with Crippen LogP contribution in [-0.2, 0) is 0 Å². The molecule has 2 nitrogen and oxygen atoms in total. The maximum atomic E-state index is 12.6. The van der Waals surface area contributed by atoms with Gasteiger partial charge in [0.1, 0.15) is 5.75 Å². The molecule has 2 N–H and O–H groups in total. The van der Waals surface area contributed by atoms with Crippen LogP contribution in [0.4, 0.5) is 26.3 Å². The molecule has 0 aliphatic heterocycles. The highest BCUT2D eigenvalue weighted by atomic mass is 19.4. The molecule has 0 bridgehead atoms. The Bertz CT molecular complexity index is 454. The van der Waals surface area contributed by atoms with E-state index < -0.39 is 24.3 Å². The van der Waals surface area contributed by atoms with E-state index >= 15 is 0 Å². The third-order valence-electron chi connectivity index (χ3n) is 2.90. The molecule has 0 amide bonds. The lowest BCUT2D eigenvalue weighted by atomic mass is 9.90. The van der Waals surface area contributed by atoms with Gasteiger partial charge in [-0.05, 0) is 30.2 Å². The van der Waals surface area contributed by atoms with Gasteiger partial charge < -0.3 is 10.5 Å². The van der Waals surface area contributed by atoms with Gasteiger partial charge in [-0.25, -0.2) is 0 Å². The van der Waals surface area contributed by atoms with Crippen molar-refractivity contribution in [1.29, 1.82) is 0 Å². The van der Waals surface area contributed by atoms with Gasteiger partial charge in [-0.3, -0.25) is 0 Å². The van der Waals surface area contributed by atoms with Gasteiger partial charge in [0.25, 0.3) is 0 Å². The minimum absolute atomic E-state index is 0.204. The van der Waals surface area contributed by atoms with Crippen molar-refractivity contribution in [1.82, 2.24) is 0 Å². The maximum absolute atomic E-state index is 12.6. The van der Waals surface area contributed by atoms with E-state index in [1.165, 1.54) is 26.2 Å². The van der Waals surface area contributed by atoms with Gasteiger partial charge in [0, 0.05) is 0 Å². The first kappa shape index (κ1) is 16.6. The first-order chi connectivity index (χ1) is 8.98. The van der Waals surface area contributed by atoms with Crippen LogP contribution in [0.1, 0.15) is 17.2 Å². The first-order valence-corrected chi connectivity index (χ1v) is 5.52. The minimum atomic E-state index is -5.47. The molecule has 0 aromatic heterocycles. The molecule has 1 aromatic rings. The Hall–Kier alpha value is -1.44. The van der Waals surface area contributed by atoms with Crippen molar-refractivity contribution in [2.45, 2.75) is 25.3 Å². The summed E-state index contributed by atoms with van der Waals surface area (Å²) < 4.78 is 80.5. The van der Waals surface area contributed by atoms with Gasteiger partial charge in [-0.15, -0.1) is 0 Å². The van der Waals surface area contributed by atoms with Gasteiger partial charge in [0.2, 0.25) is 0 Å². The number of methoxy groups -OCH3 is 1. The van der Waals surface area contributed by atoms with Gasteiger partial charge in [-0.2, -0.15) is 26.3 Å². The molecule has 0 spiro atoms. The second-order valence-electron chi connectivity index (χ2n) is 4.31. The Kier molecular flexibility index (Phi) is 4.58. The summed E-state index contributed by atoms with van der Waals surface area (Å²) in [5.41, 5.74) is 5.21. The molecule has 0 aliphatic rings. The SMILES string of the molecule is COc1ccc(C(N)C(C(F)(F)F)C(F)(F)F)c(C)c1. The lowest BCUT2D eigenvalue weighted by Gasteiger charge is -2.29. The topological polar surface area (TPSA) is 35.2 Å². The molecule has 1 unspecified atom stereocenters. The quantitative estimate of drug-likeness (QED) is 0.863. The van der Waals surface area contributed by atoms with E-state index in [0.717, 1.165) is 6.07 Å². The Morgan fingerprint density at radius 3 is 1.90 bits per heavy atom. The highest BCUT2D eigenvalue weighted by Gasteiger charge is 2.59. The van der Waals surface area contributed by atoms with Gasteiger partial charge in [-0.1, -0.05) is 6.07 Å². The molecule has 0 radical (unpaired) electrons. The maximum Gasteiger partial charge on any atom is 0.402 e. The zero-order valence-electron chi connectivity index (χ0n) is 10.6. The molecule has 20 heavy (non-hydrogen) atoms. The Morgan fingerprint density at radius 1 is 1.05 bits per heavy atom. The highest BCUT2D eigenvalue weighted by molar-refractivity contribution is 5.37. The van der Waals surface area contributed by atoms with Crippen molar-refractivity contribution < 1.29 is 31.1 Å². The lowest BCUT2D eigenvalue weighted by Crippen LogP contribution is -2.44. The highest BCUT2D eigenvalue weighted by Crippen LogP contribution is 2.46. The normalized spacial score (nSPS) is 14.5. The van der Waals surface area contributed by atoms with Crippen LogP contribution < -0.4 is 10.5 Å². The van der Waals surface area contributed by atoms with E-state index in [-0.39, 0.29) is 11.1 Å². The molecule has 0 saturated heterocycles. The van der Waals surface area contributed by atoms with Crippen molar-refractivity contribution in [2.75, 3.05) is 7.11 Å². The average Bonchev–Trinajstić information content (AvgIpc) is 2.24. The molecule has 8 heteroatoms. The predicted molar refractivity (Wildman–Crippen MR) is 60.3 cm³/mol. The third kappa shape index (κ3) is 3.56. The van der Waals surface area contributed by atoms with Crippen LogP contribution in [0.25, 0.3) is 0 Å². The fourth-order valence-electron chi connectivity index (χ4n) is 1.92. The van der Waals surface area contributed by atoms with Gasteiger partial charge >= 0.3 is 12.4 Å². The van der Waals surface area contributed by atoms with E-state index in [1.54, 1.807) is 0 Å². The average molecular weight is 301 g/mol. The third-order valence-corrected chi connectivity index (χ3v) is 2.90. The van der Waals surface area contributed by atoms with E-state index in [0.29, 0.717) is 5.75 Å². The molecule has 114 valence electrons. The summed E-state index contributed by atoms with van der Waals surface area (Å²) in [4.78, 5) is 0. The molecule has 1 atom stereocenters. The van der Waals surface area contributed by atoms with E-state index in [2.05, 4.69) is 0 Å². The van der Waals surface area contributed by atoms with Crippen LogP contribution in [0.5, 0.6) is 5.75 Å². The standard InChI is InChI=1S/C12H13F6NO/c1-6-5-7(20-2)3-4-8(6)9(19)10(11(13,14)15)12(16,17)18/h3-5,9-10H,19H2,1-2H3. The summed E-state index contributed by atoms with van der Waals surface area (Å²) in [6, 6.07) is 1.50. The van der Waals surface area contributed by atoms with Crippen molar-refractivity contribution in [3.63, 3.8) is 0 Å². The fourth-order valence-corrected chi connectivity index (χ4v) is 1.92. The zero-order valence-corrected chi connectivity index (χ0v) is 10.6. The first-order valence-electron chi connectivity index (χ1n) is 5.52. The molecule has 0 aliphatic carbocycles. The Balaban J connectivity index is 3.23. The number of aryl methyl sites for hydroxylation is 1. The number of hydrogen-bond donors (Lipinski definition) is 1. The second-order valence-corrected chi connectivity index (χ2v) is 4.31. The fraction of sp³-hybridized carbons (Fsp3) is 0.500. The summed E-state index contributed by atoms with van der Waals surface area (Å²) in [6.45, 7) is 1.38. The smallest absolute Gasteiger partial charge is 0.402 e. The van der Waals surface area contributed by atoms with Gasteiger partial charge in [0.05, 0.1) is 13.2 Å². The van der Waals surface area contributed by atoms with Crippen LogP contribution in [0, 0.1) is 12.8 Å². The summed E-state index contributed by atoms with van der Waals surface area (Å²) in [5.74, 6) is -3.28. The van der Waals surface area contributed by atoms with Crippen molar-refractivity contribution >= 4 is 0 Å². The summed E-state index contributed by atoms with van der Waals surface area (Å²) in [7, 11) is 1.34. The van der Waals surface area contributed by atoms with Crippen molar-refractivity contribution in [3.05, 3.63) is 29.3 Å².